The van der Waals surface area contributed by atoms with Gasteiger partial charge in [-0.1, -0.05) is 20.8 Å². The molecule has 7 nitrogen and oxygen atoms in total. The summed E-state index contributed by atoms with van der Waals surface area (Å²) >= 11 is 0. The highest BCUT2D eigenvalue weighted by molar-refractivity contribution is 7.89. The van der Waals surface area contributed by atoms with Crippen LogP contribution in [0.25, 0.3) is 0 Å². The van der Waals surface area contributed by atoms with Gasteiger partial charge in [0, 0.05) is 12.1 Å². The summed E-state index contributed by atoms with van der Waals surface area (Å²) in [5.41, 5.74) is 0.0537. The smallest absolute Gasteiger partial charge is 0.271 e. The van der Waals surface area contributed by atoms with Crippen LogP contribution in [-0.4, -0.2) is 19.9 Å². The molecule has 0 saturated carbocycles. The molecule has 0 fully saturated rings. The summed E-state index contributed by atoms with van der Waals surface area (Å²) in [5.74, 6) is 0.0763. The average Bonchev–Trinajstić information content (AvgIpc) is 2.27. The number of hydrogen-bond donors (Lipinski definition) is 1. The Hall–Kier alpha value is -1.67. The molecule has 0 spiro atoms. The highest BCUT2D eigenvalue weighted by atomic mass is 32.2. The fourth-order valence-electron chi connectivity index (χ4n) is 1.68. The van der Waals surface area contributed by atoms with Gasteiger partial charge >= 0.3 is 0 Å². The Bertz CT molecular complexity index is 647. The van der Waals surface area contributed by atoms with E-state index in [1.165, 1.54) is 6.07 Å². The molecule has 0 aliphatic carbocycles. The van der Waals surface area contributed by atoms with Crippen molar-refractivity contribution in [2.75, 3.05) is 6.61 Å². The van der Waals surface area contributed by atoms with Crippen molar-refractivity contribution < 1.29 is 18.1 Å². The van der Waals surface area contributed by atoms with Crippen molar-refractivity contribution >= 4 is 15.7 Å². The highest BCUT2D eigenvalue weighted by Gasteiger charge is 2.23. The number of nitrogens with zero attached hydrogens (tertiary/aromatic N) is 1. The lowest BCUT2D eigenvalue weighted by Crippen LogP contribution is -2.17. The van der Waals surface area contributed by atoms with Crippen molar-refractivity contribution in [1.29, 1.82) is 0 Å². The van der Waals surface area contributed by atoms with Crippen LogP contribution in [0.3, 0.4) is 0 Å². The molecule has 0 radical (unpaired) electrons. The maximum Gasteiger partial charge on any atom is 0.271 e. The van der Waals surface area contributed by atoms with Gasteiger partial charge < -0.3 is 4.74 Å². The Kier molecular flexibility index (Phi) is 4.95. The fourth-order valence-corrected chi connectivity index (χ4v) is 2.45. The number of primary sulfonamides is 1. The zero-order valence-electron chi connectivity index (χ0n) is 12.5. The molecule has 0 atom stereocenters. The van der Waals surface area contributed by atoms with Gasteiger partial charge in [0.05, 0.1) is 11.5 Å². The molecule has 118 valence electrons. The van der Waals surface area contributed by atoms with Crippen molar-refractivity contribution in [3.05, 3.63) is 27.8 Å². The zero-order valence-corrected chi connectivity index (χ0v) is 13.4. The molecule has 0 aliphatic heterocycles. The summed E-state index contributed by atoms with van der Waals surface area (Å²) in [6, 6.07) is 2.19. The molecular weight excluding hydrogens is 296 g/mol. The van der Waals surface area contributed by atoms with E-state index in [0.717, 1.165) is 6.07 Å². The summed E-state index contributed by atoms with van der Waals surface area (Å²) in [4.78, 5) is 9.79. The number of ether oxygens (including phenoxy) is 1. The van der Waals surface area contributed by atoms with Gasteiger partial charge in [-0.05, 0) is 24.3 Å². The van der Waals surface area contributed by atoms with Crippen LogP contribution in [0, 0.1) is 22.5 Å². The zero-order chi connectivity index (χ0) is 16.4. The van der Waals surface area contributed by atoms with Gasteiger partial charge in [-0.25, -0.2) is 13.6 Å². The number of rotatable bonds is 5. The number of non-ortho nitro benzene ring substituents is 1. The fraction of sp³-hybridized carbons (Fsp3) is 0.538. The second-order valence-corrected chi connectivity index (χ2v) is 7.58. The molecule has 0 saturated heterocycles. The quantitative estimate of drug-likeness (QED) is 0.662. The van der Waals surface area contributed by atoms with Gasteiger partial charge in [-0.3, -0.25) is 10.1 Å². The predicted molar refractivity (Wildman–Crippen MR) is 78.8 cm³/mol. The second kappa shape index (κ2) is 5.98. The Balaban J connectivity index is 3.21. The van der Waals surface area contributed by atoms with E-state index < -0.39 is 14.9 Å². The van der Waals surface area contributed by atoms with Gasteiger partial charge in [-0.2, -0.15) is 0 Å². The van der Waals surface area contributed by atoms with Gasteiger partial charge in [0.25, 0.3) is 5.69 Å². The summed E-state index contributed by atoms with van der Waals surface area (Å²) in [6.45, 7) is 7.93. The molecule has 1 aromatic carbocycles. The maximum absolute atomic E-state index is 11.6. The van der Waals surface area contributed by atoms with Gasteiger partial charge in [-0.15, -0.1) is 0 Å². The first-order valence-electron chi connectivity index (χ1n) is 6.36. The van der Waals surface area contributed by atoms with Crippen LogP contribution in [0.4, 0.5) is 5.69 Å². The van der Waals surface area contributed by atoms with E-state index in [1.807, 2.05) is 20.8 Å². The lowest BCUT2D eigenvalue weighted by Gasteiger charge is -2.19. The van der Waals surface area contributed by atoms with Crippen molar-refractivity contribution in [2.45, 2.75) is 39.0 Å². The van der Waals surface area contributed by atoms with Crippen LogP contribution in [0.2, 0.25) is 0 Å². The molecule has 0 heterocycles. The number of nitro groups is 1. The first kappa shape index (κ1) is 17.4. The normalized spacial score (nSPS) is 12.2. The minimum Gasteiger partial charge on any atom is -0.492 e. The molecule has 0 aromatic heterocycles. The van der Waals surface area contributed by atoms with Crippen LogP contribution in [0.5, 0.6) is 5.75 Å². The van der Waals surface area contributed by atoms with Crippen LogP contribution >= 0.6 is 0 Å². The lowest BCUT2D eigenvalue weighted by molar-refractivity contribution is -0.385. The molecule has 21 heavy (non-hydrogen) atoms. The Morgan fingerprint density at radius 3 is 2.33 bits per heavy atom. The molecule has 0 bridgehead atoms. The average molecular weight is 316 g/mol. The summed E-state index contributed by atoms with van der Waals surface area (Å²) in [6.07, 6.45) is 0.702. The van der Waals surface area contributed by atoms with Crippen LogP contribution < -0.4 is 9.88 Å². The van der Waals surface area contributed by atoms with E-state index in [2.05, 4.69) is 0 Å². The van der Waals surface area contributed by atoms with E-state index in [0.29, 0.717) is 18.6 Å². The van der Waals surface area contributed by atoms with Crippen molar-refractivity contribution in [1.82, 2.24) is 0 Å². The molecule has 0 aliphatic rings. The van der Waals surface area contributed by atoms with E-state index in [4.69, 9.17) is 9.88 Å². The SMILES string of the molecule is Cc1cc([N+](=O)[O-])cc(S(N)(=O)=O)c1OCCC(C)(C)C. The van der Waals surface area contributed by atoms with E-state index in [9.17, 15) is 18.5 Å². The van der Waals surface area contributed by atoms with Crippen LogP contribution in [0.1, 0.15) is 32.8 Å². The number of aryl methyl sites for hydroxylation is 1. The molecule has 0 amide bonds. The number of nitro benzene ring substituents is 1. The second-order valence-electron chi connectivity index (χ2n) is 6.05. The summed E-state index contributed by atoms with van der Waals surface area (Å²) in [7, 11) is -4.11. The predicted octanol–water partition coefficient (Wildman–Crippen LogP) is 2.37. The van der Waals surface area contributed by atoms with E-state index in [-0.39, 0.29) is 21.7 Å². The first-order chi connectivity index (χ1) is 9.42. The molecule has 0 unspecified atom stereocenters. The Morgan fingerprint density at radius 1 is 1.33 bits per heavy atom. The number of benzene rings is 1. The van der Waals surface area contributed by atoms with E-state index in [1.54, 1.807) is 6.92 Å². The van der Waals surface area contributed by atoms with Gasteiger partial charge in [0.2, 0.25) is 10.0 Å². The summed E-state index contributed by atoms with van der Waals surface area (Å²) < 4.78 is 28.8. The van der Waals surface area contributed by atoms with Crippen LogP contribution in [-0.2, 0) is 10.0 Å². The first-order valence-corrected chi connectivity index (χ1v) is 7.91. The molecule has 2 N–H and O–H groups in total. The lowest BCUT2D eigenvalue weighted by atomic mass is 9.93. The third kappa shape index (κ3) is 4.98. The van der Waals surface area contributed by atoms with E-state index >= 15 is 0 Å². The van der Waals surface area contributed by atoms with Crippen molar-refractivity contribution in [3.8, 4) is 5.75 Å². The largest absolute Gasteiger partial charge is 0.492 e. The molecule has 8 heteroatoms. The maximum atomic E-state index is 11.6. The monoisotopic (exact) mass is 316 g/mol. The minimum atomic E-state index is -4.11. The molecule has 1 aromatic rings. The summed E-state index contributed by atoms with van der Waals surface area (Å²) in [5, 5.41) is 15.9. The topological polar surface area (TPSA) is 113 Å². The number of sulfonamides is 1. The Morgan fingerprint density at radius 2 is 1.90 bits per heavy atom. The standard InChI is InChI=1S/C13H20N2O5S/c1-9-7-10(15(16)17)8-11(21(14,18)19)12(9)20-6-5-13(2,3)4/h7-8H,5-6H2,1-4H3,(H2,14,18,19). The Labute approximate surface area is 124 Å². The third-order valence-corrected chi connectivity index (χ3v) is 3.76. The van der Waals surface area contributed by atoms with Crippen molar-refractivity contribution in [2.24, 2.45) is 10.6 Å². The van der Waals surface area contributed by atoms with Gasteiger partial charge in [0.1, 0.15) is 10.6 Å². The third-order valence-electron chi connectivity index (χ3n) is 2.84. The number of nitrogens with two attached hydrogens (primary N) is 1. The number of hydrogen-bond acceptors (Lipinski definition) is 5. The minimum absolute atomic E-state index is 0.0242. The molecule has 1 rings (SSSR count). The van der Waals surface area contributed by atoms with Crippen molar-refractivity contribution in [3.63, 3.8) is 0 Å². The van der Waals surface area contributed by atoms with Gasteiger partial charge in [0.15, 0.2) is 0 Å². The highest BCUT2D eigenvalue weighted by Crippen LogP contribution is 2.32. The molecular formula is C13H20N2O5S. The van der Waals surface area contributed by atoms with Crippen LogP contribution in [0.15, 0.2) is 17.0 Å².